The number of halogens is 1. The molecule has 2 aromatic rings. The first-order valence-electron chi connectivity index (χ1n) is 11.7. The molecule has 0 radical (unpaired) electrons. The highest BCUT2D eigenvalue weighted by Gasteiger charge is 2.39. The van der Waals surface area contributed by atoms with Crippen molar-refractivity contribution < 1.29 is 18.8 Å². The van der Waals surface area contributed by atoms with Crippen molar-refractivity contribution in [3.05, 3.63) is 99.4 Å². The van der Waals surface area contributed by atoms with E-state index in [4.69, 9.17) is 20.8 Å². The SMILES string of the molecule is CCC1=C(C(=O)O[Si](C)(C)C)C(c2cccc(Cl)c2)C(C(=O)OCC=Cc2ccccc2)=C(C)N1. The number of esters is 1. The van der Waals surface area contributed by atoms with Gasteiger partial charge in [-0.3, -0.25) is 0 Å². The highest BCUT2D eigenvalue weighted by Crippen LogP contribution is 2.41. The molecule has 184 valence electrons. The summed E-state index contributed by atoms with van der Waals surface area (Å²) >= 11 is 6.31. The Balaban J connectivity index is 1.97. The predicted molar refractivity (Wildman–Crippen MR) is 143 cm³/mol. The van der Waals surface area contributed by atoms with Gasteiger partial charge in [-0.1, -0.05) is 67.1 Å². The van der Waals surface area contributed by atoms with Crippen LogP contribution in [0.3, 0.4) is 0 Å². The van der Waals surface area contributed by atoms with Gasteiger partial charge in [-0.05, 0) is 62.3 Å². The molecule has 0 spiro atoms. The second kappa shape index (κ2) is 11.6. The van der Waals surface area contributed by atoms with Crippen molar-refractivity contribution in [2.24, 2.45) is 0 Å². The van der Waals surface area contributed by atoms with Crippen molar-refractivity contribution in [1.29, 1.82) is 0 Å². The average molecular weight is 510 g/mol. The number of carbonyl (C=O) groups excluding carboxylic acids is 2. The molecule has 0 aromatic heterocycles. The van der Waals surface area contributed by atoms with Crippen LogP contribution in [-0.2, 0) is 18.8 Å². The van der Waals surface area contributed by atoms with Gasteiger partial charge in [0.1, 0.15) is 6.61 Å². The zero-order chi connectivity index (χ0) is 25.6. The van der Waals surface area contributed by atoms with E-state index in [9.17, 15) is 9.59 Å². The topological polar surface area (TPSA) is 64.6 Å². The number of dihydropyridines is 1. The van der Waals surface area contributed by atoms with Gasteiger partial charge < -0.3 is 14.5 Å². The van der Waals surface area contributed by atoms with E-state index in [1.165, 1.54) is 0 Å². The summed E-state index contributed by atoms with van der Waals surface area (Å²) in [7, 11) is -2.19. The normalized spacial score (nSPS) is 16.3. The quantitative estimate of drug-likeness (QED) is 0.321. The second-order valence-corrected chi connectivity index (χ2v) is 14.2. The highest BCUT2D eigenvalue weighted by molar-refractivity contribution is 6.71. The van der Waals surface area contributed by atoms with Gasteiger partial charge >= 0.3 is 11.9 Å². The number of hydrogen-bond donors (Lipinski definition) is 1. The van der Waals surface area contributed by atoms with Gasteiger partial charge in [-0.15, -0.1) is 0 Å². The zero-order valence-electron chi connectivity index (χ0n) is 20.9. The van der Waals surface area contributed by atoms with Gasteiger partial charge in [-0.25, -0.2) is 9.59 Å². The van der Waals surface area contributed by atoms with E-state index >= 15 is 0 Å². The van der Waals surface area contributed by atoms with Gasteiger partial charge in [0.05, 0.1) is 17.1 Å². The molecule has 1 aliphatic heterocycles. The molecule has 3 rings (SSSR count). The van der Waals surface area contributed by atoms with Gasteiger partial charge in [0.15, 0.2) is 0 Å². The Morgan fingerprint density at radius 3 is 2.37 bits per heavy atom. The van der Waals surface area contributed by atoms with E-state index in [1.54, 1.807) is 18.2 Å². The number of nitrogens with one attached hydrogen (secondary N) is 1. The summed E-state index contributed by atoms with van der Waals surface area (Å²) in [5, 5.41) is 3.79. The molecule has 2 aromatic carbocycles. The smallest absolute Gasteiger partial charge is 0.337 e. The molecular weight excluding hydrogens is 478 g/mol. The molecule has 1 unspecified atom stereocenters. The summed E-state index contributed by atoms with van der Waals surface area (Å²) in [5.74, 6) is -1.56. The lowest BCUT2D eigenvalue weighted by molar-refractivity contribution is -0.138. The van der Waals surface area contributed by atoms with Crippen molar-refractivity contribution in [2.45, 2.75) is 45.8 Å². The minimum Gasteiger partial charge on any atom is -0.517 e. The molecule has 0 saturated carbocycles. The first kappa shape index (κ1) is 26.5. The molecule has 1 aliphatic rings. The van der Waals surface area contributed by atoms with Gasteiger partial charge in [0, 0.05) is 16.4 Å². The number of rotatable bonds is 8. The Morgan fingerprint density at radius 1 is 1.03 bits per heavy atom. The average Bonchev–Trinajstić information content (AvgIpc) is 2.80. The van der Waals surface area contributed by atoms with Crippen molar-refractivity contribution in [1.82, 2.24) is 5.32 Å². The molecule has 1 N–H and O–H groups in total. The van der Waals surface area contributed by atoms with Crippen LogP contribution in [0.2, 0.25) is 24.7 Å². The van der Waals surface area contributed by atoms with Crippen LogP contribution in [0, 0.1) is 0 Å². The van der Waals surface area contributed by atoms with E-state index in [2.05, 4.69) is 5.32 Å². The van der Waals surface area contributed by atoms with E-state index in [1.807, 2.05) is 82.0 Å². The van der Waals surface area contributed by atoms with Crippen molar-refractivity contribution in [3.63, 3.8) is 0 Å². The molecule has 0 saturated heterocycles. The minimum atomic E-state index is -2.19. The van der Waals surface area contributed by atoms with Gasteiger partial charge in [-0.2, -0.15) is 0 Å². The van der Waals surface area contributed by atoms with Crippen LogP contribution >= 0.6 is 11.6 Å². The van der Waals surface area contributed by atoms with E-state index in [0.29, 0.717) is 28.3 Å². The minimum absolute atomic E-state index is 0.103. The van der Waals surface area contributed by atoms with E-state index < -0.39 is 26.2 Å². The van der Waals surface area contributed by atoms with Crippen molar-refractivity contribution >= 4 is 37.9 Å². The molecule has 0 fully saturated rings. The number of hydrogen-bond acceptors (Lipinski definition) is 5. The van der Waals surface area contributed by atoms with Crippen molar-refractivity contribution in [3.8, 4) is 0 Å². The van der Waals surface area contributed by atoms with Gasteiger partial charge in [0.2, 0.25) is 8.32 Å². The first-order chi connectivity index (χ1) is 16.6. The Labute approximate surface area is 213 Å². The van der Waals surface area contributed by atoms with E-state index in [0.717, 1.165) is 16.8 Å². The maximum Gasteiger partial charge on any atom is 0.337 e. The monoisotopic (exact) mass is 509 g/mol. The summed E-state index contributed by atoms with van der Waals surface area (Å²) in [6, 6.07) is 17.0. The maximum absolute atomic E-state index is 13.4. The van der Waals surface area contributed by atoms with Crippen LogP contribution in [0.4, 0.5) is 0 Å². The van der Waals surface area contributed by atoms with Crippen LogP contribution in [-0.4, -0.2) is 26.9 Å². The predicted octanol–water partition coefficient (Wildman–Crippen LogP) is 6.60. The van der Waals surface area contributed by atoms with Gasteiger partial charge in [0.25, 0.3) is 0 Å². The molecule has 1 heterocycles. The Bertz CT molecular complexity index is 1180. The Morgan fingerprint density at radius 2 is 1.74 bits per heavy atom. The molecule has 1 atom stereocenters. The zero-order valence-corrected chi connectivity index (χ0v) is 22.6. The lowest BCUT2D eigenvalue weighted by atomic mass is 9.80. The lowest BCUT2D eigenvalue weighted by Crippen LogP contribution is -2.37. The maximum atomic E-state index is 13.4. The highest BCUT2D eigenvalue weighted by atomic mass is 35.5. The van der Waals surface area contributed by atoms with E-state index in [-0.39, 0.29) is 6.61 Å². The Hall–Kier alpha value is -3.09. The second-order valence-electron chi connectivity index (χ2n) is 9.31. The Kier molecular flexibility index (Phi) is 8.75. The third-order valence-electron chi connectivity index (χ3n) is 5.44. The summed E-state index contributed by atoms with van der Waals surface area (Å²) in [6.07, 6.45) is 4.27. The summed E-state index contributed by atoms with van der Waals surface area (Å²) in [6.45, 7) is 9.76. The number of carbonyl (C=O) groups is 2. The van der Waals surface area contributed by atoms with Crippen LogP contribution in [0.5, 0.6) is 0 Å². The molecule has 0 aliphatic carbocycles. The fourth-order valence-electron chi connectivity index (χ4n) is 3.99. The standard InChI is InChI=1S/C28H32ClNO4Si/c1-6-23-26(28(32)34-35(3,4)5)25(21-15-10-16-22(29)18-21)24(19(2)30-23)27(31)33-17-11-14-20-12-8-7-9-13-20/h7-16,18,25,30H,6,17H2,1-5H3. The molecule has 35 heavy (non-hydrogen) atoms. The molecule has 0 amide bonds. The van der Waals surface area contributed by atoms with Crippen molar-refractivity contribution in [2.75, 3.05) is 6.61 Å². The largest absolute Gasteiger partial charge is 0.517 e. The molecule has 0 bridgehead atoms. The molecule has 5 nitrogen and oxygen atoms in total. The fourth-order valence-corrected chi connectivity index (χ4v) is 4.85. The summed E-state index contributed by atoms with van der Waals surface area (Å²) < 4.78 is 11.5. The first-order valence-corrected chi connectivity index (χ1v) is 15.5. The summed E-state index contributed by atoms with van der Waals surface area (Å²) in [4.78, 5) is 26.8. The number of benzene rings is 2. The number of allylic oxidation sites excluding steroid dienone is 2. The lowest BCUT2D eigenvalue weighted by Gasteiger charge is -2.32. The van der Waals surface area contributed by atoms with Crippen LogP contribution < -0.4 is 5.32 Å². The molecular formula is C28H32ClNO4Si. The van der Waals surface area contributed by atoms with Crippen LogP contribution in [0.25, 0.3) is 6.08 Å². The summed E-state index contributed by atoms with van der Waals surface area (Å²) in [5.41, 5.74) is 3.93. The molecule has 7 heteroatoms. The van der Waals surface area contributed by atoms with Crippen LogP contribution in [0.15, 0.2) is 83.2 Å². The fraction of sp³-hybridized carbons (Fsp3) is 0.286. The third kappa shape index (κ3) is 6.96. The third-order valence-corrected chi connectivity index (χ3v) is 6.47. The number of ether oxygens (including phenoxy) is 1. The van der Waals surface area contributed by atoms with Crippen LogP contribution in [0.1, 0.15) is 37.3 Å².